The Hall–Kier alpha value is -2.08. The van der Waals surface area contributed by atoms with E-state index in [9.17, 15) is 8.42 Å². The van der Waals surface area contributed by atoms with Gasteiger partial charge in [0.15, 0.2) is 9.84 Å². The molecule has 2 aromatic rings. The van der Waals surface area contributed by atoms with Gasteiger partial charge < -0.3 is 9.64 Å². The van der Waals surface area contributed by atoms with Gasteiger partial charge in [0.2, 0.25) is 0 Å². The van der Waals surface area contributed by atoms with Crippen molar-refractivity contribution in [2.24, 2.45) is 5.92 Å². The first-order chi connectivity index (χ1) is 11.0. The molecule has 0 N–H and O–H groups in total. The van der Waals surface area contributed by atoms with Crippen LogP contribution in [0.1, 0.15) is 6.42 Å². The SMILES string of the molecule is CS(=O)(=O)c1ccc(N2CCC(COc3ccncc3)C2)cc1. The molecule has 0 aliphatic carbocycles. The number of benzene rings is 1. The van der Waals surface area contributed by atoms with Crippen LogP contribution in [-0.4, -0.2) is 39.4 Å². The third-order valence-electron chi connectivity index (χ3n) is 4.05. The number of nitrogens with zero attached hydrogens (tertiary/aromatic N) is 2. The Kier molecular flexibility index (Phi) is 4.52. The number of rotatable bonds is 5. The second-order valence-corrected chi connectivity index (χ2v) is 7.88. The Balaban J connectivity index is 1.57. The molecule has 0 spiro atoms. The molecule has 6 heteroatoms. The van der Waals surface area contributed by atoms with Crippen LogP contribution in [0.5, 0.6) is 5.75 Å². The van der Waals surface area contributed by atoms with Gasteiger partial charge in [-0.2, -0.15) is 0 Å². The smallest absolute Gasteiger partial charge is 0.175 e. The van der Waals surface area contributed by atoms with E-state index in [1.807, 2.05) is 24.3 Å². The number of sulfone groups is 1. The van der Waals surface area contributed by atoms with Crippen molar-refractivity contribution in [1.29, 1.82) is 0 Å². The molecule has 0 radical (unpaired) electrons. The van der Waals surface area contributed by atoms with Crippen molar-refractivity contribution in [1.82, 2.24) is 4.98 Å². The minimum absolute atomic E-state index is 0.359. The summed E-state index contributed by atoms with van der Waals surface area (Å²) in [5, 5.41) is 0. The van der Waals surface area contributed by atoms with Crippen LogP contribution in [-0.2, 0) is 9.84 Å². The minimum atomic E-state index is -3.14. The lowest BCUT2D eigenvalue weighted by molar-refractivity contribution is 0.261. The minimum Gasteiger partial charge on any atom is -0.493 e. The molecule has 1 aliphatic heterocycles. The first-order valence-electron chi connectivity index (χ1n) is 7.60. The predicted octanol–water partition coefficient (Wildman–Crippen LogP) is 2.39. The third kappa shape index (κ3) is 4.01. The van der Waals surface area contributed by atoms with E-state index in [2.05, 4.69) is 9.88 Å². The van der Waals surface area contributed by atoms with Crippen LogP contribution in [0.3, 0.4) is 0 Å². The highest BCUT2D eigenvalue weighted by molar-refractivity contribution is 7.90. The van der Waals surface area contributed by atoms with Gasteiger partial charge in [0.05, 0.1) is 11.5 Å². The molecule has 1 aromatic carbocycles. The molecule has 23 heavy (non-hydrogen) atoms. The maximum Gasteiger partial charge on any atom is 0.175 e. The fourth-order valence-electron chi connectivity index (χ4n) is 2.76. The number of pyridine rings is 1. The molecule has 122 valence electrons. The Morgan fingerprint density at radius 3 is 2.52 bits per heavy atom. The molecule has 1 unspecified atom stereocenters. The lowest BCUT2D eigenvalue weighted by Crippen LogP contribution is -2.21. The summed E-state index contributed by atoms with van der Waals surface area (Å²) in [6.45, 7) is 2.56. The van der Waals surface area contributed by atoms with Gasteiger partial charge in [0.1, 0.15) is 5.75 Å². The summed E-state index contributed by atoms with van der Waals surface area (Å²) in [7, 11) is -3.14. The van der Waals surface area contributed by atoms with Gasteiger partial charge in [-0.15, -0.1) is 0 Å². The highest BCUT2D eigenvalue weighted by Crippen LogP contribution is 2.25. The van der Waals surface area contributed by atoms with E-state index in [4.69, 9.17) is 4.74 Å². The monoisotopic (exact) mass is 332 g/mol. The average molecular weight is 332 g/mol. The van der Waals surface area contributed by atoms with Crippen molar-refractivity contribution in [3.8, 4) is 5.75 Å². The van der Waals surface area contributed by atoms with Gasteiger partial charge in [-0.1, -0.05) is 0 Å². The van der Waals surface area contributed by atoms with Crippen LogP contribution in [0, 0.1) is 5.92 Å². The first kappa shape index (κ1) is 15.8. The molecule has 0 bridgehead atoms. The predicted molar refractivity (Wildman–Crippen MR) is 89.6 cm³/mol. The molecule has 1 saturated heterocycles. The molecule has 1 aliphatic rings. The molecular formula is C17H20N2O3S. The fraction of sp³-hybridized carbons (Fsp3) is 0.353. The van der Waals surface area contributed by atoms with Crippen LogP contribution in [0.25, 0.3) is 0 Å². The van der Waals surface area contributed by atoms with Gasteiger partial charge in [0, 0.05) is 43.3 Å². The van der Waals surface area contributed by atoms with Crippen molar-refractivity contribution >= 4 is 15.5 Å². The van der Waals surface area contributed by atoms with Crippen molar-refractivity contribution < 1.29 is 13.2 Å². The van der Waals surface area contributed by atoms with E-state index in [1.54, 1.807) is 24.5 Å². The lowest BCUT2D eigenvalue weighted by Gasteiger charge is -2.19. The Morgan fingerprint density at radius 1 is 1.17 bits per heavy atom. The summed E-state index contributed by atoms with van der Waals surface area (Å²) in [6.07, 6.45) is 5.74. The van der Waals surface area contributed by atoms with Gasteiger partial charge >= 0.3 is 0 Å². The highest BCUT2D eigenvalue weighted by Gasteiger charge is 2.23. The van der Waals surface area contributed by atoms with Crippen molar-refractivity contribution in [3.63, 3.8) is 0 Å². The summed E-state index contributed by atoms with van der Waals surface area (Å²) in [5.74, 6) is 1.31. The van der Waals surface area contributed by atoms with Crippen molar-refractivity contribution in [2.45, 2.75) is 11.3 Å². The Labute approximate surface area is 136 Å². The second kappa shape index (κ2) is 6.58. The van der Waals surface area contributed by atoms with Crippen LogP contribution >= 0.6 is 0 Å². The van der Waals surface area contributed by atoms with E-state index in [0.29, 0.717) is 17.4 Å². The zero-order valence-corrected chi connectivity index (χ0v) is 13.9. The fourth-order valence-corrected chi connectivity index (χ4v) is 3.39. The van der Waals surface area contributed by atoms with E-state index in [0.717, 1.165) is 30.9 Å². The van der Waals surface area contributed by atoms with Crippen LogP contribution in [0.2, 0.25) is 0 Å². The van der Waals surface area contributed by atoms with Crippen molar-refractivity contribution in [3.05, 3.63) is 48.8 Å². The summed E-state index contributed by atoms with van der Waals surface area (Å²) >= 11 is 0. The maximum atomic E-state index is 11.5. The van der Waals surface area contributed by atoms with Crippen molar-refractivity contribution in [2.75, 3.05) is 30.9 Å². The Bertz CT molecular complexity index is 745. The molecule has 0 saturated carbocycles. The number of anilines is 1. The summed E-state index contributed by atoms with van der Waals surface area (Å²) in [4.78, 5) is 6.60. The number of hydrogen-bond acceptors (Lipinski definition) is 5. The van der Waals surface area contributed by atoms with E-state index >= 15 is 0 Å². The second-order valence-electron chi connectivity index (χ2n) is 5.86. The zero-order valence-electron chi connectivity index (χ0n) is 13.1. The standard InChI is InChI=1S/C17H20N2O3S/c1-23(20,21)17-4-2-15(3-5-17)19-11-8-14(12-19)13-22-16-6-9-18-10-7-16/h2-7,9-10,14H,8,11-13H2,1H3. The highest BCUT2D eigenvalue weighted by atomic mass is 32.2. The number of hydrogen-bond donors (Lipinski definition) is 0. The molecular weight excluding hydrogens is 312 g/mol. The van der Waals surface area contributed by atoms with Gasteiger partial charge in [-0.25, -0.2) is 8.42 Å². The molecule has 1 atom stereocenters. The molecule has 0 amide bonds. The number of aromatic nitrogens is 1. The van der Waals surface area contributed by atoms with Crippen LogP contribution in [0.15, 0.2) is 53.7 Å². The normalized spacial score (nSPS) is 18.1. The molecule has 3 rings (SSSR count). The summed E-state index contributed by atoms with van der Waals surface area (Å²) < 4.78 is 28.8. The first-order valence-corrected chi connectivity index (χ1v) is 9.49. The van der Waals surface area contributed by atoms with E-state index < -0.39 is 9.84 Å². The molecule has 1 aromatic heterocycles. The van der Waals surface area contributed by atoms with E-state index in [1.165, 1.54) is 6.26 Å². The molecule has 1 fully saturated rings. The third-order valence-corrected chi connectivity index (χ3v) is 5.18. The maximum absolute atomic E-state index is 11.5. The van der Waals surface area contributed by atoms with E-state index in [-0.39, 0.29) is 0 Å². The van der Waals surface area contributed by atoms with Gasteiger partial charge in [0.25, 0.3) is 0 Å². The largest absolute Gasteiger partial charge is 0.493 e. The molecule has 2 heterocycles. The Morgan fingerprint density at radius 2 is 1.87 bits per heavy atom. The summed E-state index contributed by atoms with van der Waals surface area (Å²) in [6, 6.07) is 10.8. The van der Waals surface area contributed by atoms with Crippen LogP contribution in [0.4, 0.5) is 5.69 Å². The summed E-state index contributed by atoms with van der Waals surface area (Å²) in [5.41, 5.74) is 1.06. The quantitative estimate of drug-likeness (QED) is 0.841. The van der Waals surface area contributed by atoms with Gasteiger partial charge in [-0.05, 0) is 42.8 Å². The van der Waals surface area contributed by atoms with Gasteiger partial charge in [-0.3, -0.25) is 4.98 Å². The lowest BCUT2D eigenvalue weighted by atomic mass is 10.1. The topological polar surface area (TPSA) is 59.5 Å². The average Bonchev–Trinajstić information content (AvgIpc) is 3.02. The molecule has 5 nitrogen and oxygen atoms in total. The zero-order chi connectivity index (χ0) is 16.3. The van der Waals surface area contributed by atoms with Crippen LogP contribution < -0.4 is 9.64 Å². The number of ether oxygens (including phenoxy) is 1.